The van der Waals surface area contributed by atoms with Crippen molar-refractivity contribution in [1.82, 2.24) is 10.6 Å². The Morgan fingerprint density at radius 2 is 2.26 bits per heavy atom. The summed E-state index contributed by atoms with van der Waals surface area (Å²) in [5, 5.41) is 6.71. The minimum Gasteiger partial charge on any atom is -0.399 e. The number of hydrogen-bond acceptors (Lipinski definition) is 3. The minimum absolute atomic E-state index is 0.156. The predicted molar refractivity (Wildman–Crippen MR) is 94.1 cm³/mol. The lowest BCUT2D eigenvalue weighted by molar-refractivity contribution is -0.123. The Morgan fingerprint density at radius 3 is 3.04 bits per heavy atom. The highest BCUT2D eigenvalue weighted by atomic mass is 16.1. The number of nitrogens with one attached hydrogen (secondary N) is 2. The number of nitrogen functional groups attached to an aromatic ring is 1. The molecule has 0 aromatic heterocycles. The number of carbonyl (C=O) groups is 1. The van der Waals surface area contributed by atoms with Gasteiger partial charge in [-0.1, -0.05) is 13.0 Å². The maximum Gasteiger partial charge on any atom is 0.220 e. The summed E-state index contributed by atoms with van der Waals surface area (Å²) in [6, 6.07) is 6.25. The van der Waals surface area contributed by atoms with Crippen molar-refractivity contribution in [3.8, 4) is 0 Å². The number of anilines is 1. The second kappa shape index (κ2) is 7.35. The molecule has 3 unspecified atom stereocenters. The quantitative estimate of drug-likeness (QED) is 0.749. The number of fused-ring (bicyclic) bond motifs is 1. The molecular formula is C19H29N3O. The predicted octanol–water partition coefficient (Wildman–Crippen LogP) is 2.79. The molecule has 1 aromatic rings. The Hall–Kier alpha value is -1.55. The lowest BCUT2D eigenvalue weighted by Gasteiger charge is -2.30. The van der Waals surface area contributed by atoms with Crippen molar-refractivity contribution in [2.24, 2.45) is 11.8 Å². The number of nitrogens with two attached hydrogens (primary N) is 1. The smallest absolute Gasteiger partial charge is 0.220 e. The van der Waals surface area contributed by atoms with Crippen LogP contribution in [0.15, 0.2) is 18.2 Å². The number of benzene rings is 1. The summed E-state index contributed by atoms with van der Waals surface area (Å²) in [5.41, 5.74) is 9.25. The van der Waals surface area contributed by atoms with Gasteiger partial charge in [-0.05, 0) is 80.3 Å². The van der Waals surface area contributed by atoms with Gasteiger partial charge in [-0.15, -0.1) is 0 Å². The largest absolute Gasteiger partial charge is 0.399 e. The van der Waals surface area contributed by atoms with E-state index in [-0.39, 0.29) is 11.9 Å². The molecule has 3 atom stereocenters. The van der Waals surface area contributed by atoms with E-state index in [0.717, 1.165) is 38.0 Å². The van der Waals surface area contributed by atoms with Crippen molar-refractivity contribution >= 4 is 11.6 Å². The average molecular weight is 315 g/mol. The number of hydrogen-bond donors (Lipinski definition) is 3. The summed E-state index contributed by atoms with van der Waals surface area (Å²) in [4.78, 5) is 12.5. The first kappa shape index (κ1) is 16.3. The van der Waals surface area contributed by atoms with Crippen molar-refractivity contribution < 1.29 is 4.79 Å². The summed E-state index contributed by atoms with van der Waals surface area (Å²) in [6.45, 7) is 4.39. The zero-order valence-corrected chi connectivity index (χ0v) is 14.1. The molecule has 4 heteroatoms. The second-order valence-corrected chi connectivity index (χ2v) is 7.26. The monoisotopic (exact) mass is 315 g/mol. The summed E-state index contributed by atoms with van der Waals surface area (Å²) in [5.74, 6) is 1.27. The first-order valence-electron chi connectivity index (χ1n) is 9.02. The van der Waals surface area contributed by atoms with Crippen LogP contribution in [0.2, 0.25) is 0 Å². The number of rotatable bonds is 4. The third-order valence-electron chi connectivity index (χ3n) is 5.46. The van der Waals surface area contributed by atoms with E-state index in [2.05, 4.69) is 29.7 Å². The van der Waals surface area contributed by atoms with Crippen molar-refractivity contribution in [1.29, 1.82) is 0 Å². The van der Waals surface area contributed by atoms with E-state index >= 15 is 0 Å². The summed E-state index contributed by atoms with van der Waals surface area (Å²) in [6.07, 6.45) is 6.32. The first-order valence-corrected chi connectivity index (χ1v) is 9.02. The maximum atomic E-state index is 12.5. The van der Waals surface area contributed by atoms with Crippen LogP contribution >= 0.6 is 0 Å². The molecule has 1 fully saturated rings. The minimum atomic E-state index is 0.156. The fourth-order valence-corrected chi connectivity index (χ4v) is 4.06. The van der Waals surface area contributed by atoms with Gasteiger partial charge >= 0.3 is 0 Å². The van der Waals surface area contributed by atoms with Gasteiger partial charge in [-0.25, -0.2) is 0 Å². The molecule has 0 radical (unpaired) electrons. The molecule has 0 saturated carbocycles. The molecule has 0 spiro atoms. The Bertz CT molecular complexity index is 552. The molecule has 1 saturated heterocycles. The molecular weight excluding hydrogens is 286 g/mol. The molecule has 0 bridgehead atoms. The Kier molecular flexibility index (Phi) is 5.21. The number of piperidine rings is 1. The molecule has 1 aliphatic carbocycles. The van der Waals surface area contributed by atoms with E-state index in [1.807, 2.05) is 6.07 Å². The highest BCUT2D eigenvalue weighted by Gasteiger charge is 2.25. The van der Waals surface area contributed by atoms with Crippen LogP contribution in [0.3, 0.4) is 0 Å². The first-order chi connectivity index (χ1) is 11.1. The number of carbonyl (C=O) groups excluding carboxylic acids is 1. The van der Waals surface area contributed by atoms with Crippen LogP contribution in [0.25, 0.3) is 0 Å². The van der Waals surface area contributed by atoms with Gasteiger partial charge in [0.25, 0.3) is 0 Å². The normalized spacial score (nSPS) is 25.4. The summed E-state index contributed by atoms with van der Waals surface area (Å²) < 4.78 is 0. The molecule has 4 N–H and O–H groups in total. The Morgan fingerprint density at radius 1 is 1.39 bits per heavy atom. The lowest BCUT2D eigenvalue weighted by atomic mass is 9.84. The third kappa shape index (κ3) is 4.05. The van der Waals surface area contributed by atoms with Crippen LogP contribution in [0.1, 0.15) is 56.2 Å². The van der Waals surface area contributed by atoms with Gasteiger partial charge in [0.05, 0.1) is 6.04 Å². The zero-order chi connectivity index (χ0) is 16.2. The van der Waals surface area contributed by atoms with E-state index in [0.29, 0.717) is 18.3 Å². The van der Waals surface area contributed by atoms with Gasteiger partial charge in [0.1, 0.15) is 0 Å². The van der Waals surface area contributed by atoms with Crippen LogP contribution < -0.4 is 16.4 Å². The molecule has 4 nitrogen and oxygen atoms in total. The van der Waals surface area contributed by atoms with E-state index in [1.54, 1.807) is 0 Å². The van der Waals surface area contributed by atoms with Crippen LogP contribution in [0.5, 0.6) is 0 Å². The van der Waals surface area contributed by atoms with Crippen molar-refractivity contribution in [3.05, 3.63) is 29.3 Å². The van der Waals surface area contributed by atoms with E-state index in [1.165, 1.54) is 24.0 Å². The van der Waals surface area contributed by atoms with Gasteiger partial charge in [-0.2, -0.15) is 0 Å². The standard InChI is InChI=1S/C19H29N3O/c1-13(15-5-3-9-21-12-15)10-19(23)22-18-6-2-4-14-11-16(20)7-8-17(14)18/h7-8,11,13,15,18,21H,2-6,9-10,12,20H2,1H3,(H,22,23). The van der Waals surface area contributed by atoms with Crippen LogP contribution in [0, 0.1) is 11.8 Å². The molecule has 23 heavy (non-hydrogen) atoms. The Balaban J connectivity index is 1.58. The molecule has 1 aromatic carbocycles. The highest BCUT2D eigenvalue weighted by Crippen LogP contribution is 2.31. The third-order valence-corrected chi connectivity index (χ3v) is 5.46. The lowest BCUT2D eigenvalue weighted by Crippen LogP contribution is -2.37. The number of amides is 1. The van der Waals surface area contributed by atoms with Crippen molar-refractivity contribution in [2.75, 3.05) is 18.8 Å². The van der Waals surface area contributed by atoms with Crippen LogP contribution in [-0.2, 0) is 11.2 Å². The average Bonchev–Trinajstić information content (AvgIpc) is 2.55. The Labute approximate surface area is 139 Å². The summed E-state index contributed by atoms with van der Waals surface area (Å²) >= 11 is 0. The maximum absolute atomic E-state index is 12.5. The SMILES string of the molecule is CC(CC(=O)NC1CCCc2cc(N)ccc21)C1CCCNC1. The van der Waals surface area contributed by atoms with Crippen molar-refractivity contribution in [3.63, 3.8) is 0 Å². The van der Waals surface area contributed by atoms with Crippen molar-refractivity contribution in [2.45, 2.75) is 51.5 Å². The fourth-order valence-electron chi connectivity index (χ4n) is 4.06. The molecule has 2 aliphatic rings. The molecule has 1 heterocycles. The summed E-state index contributed by atoms with van der Waals surface area (Å²) in [7, 11) is 0. The van der Waals surface area contributed by atoms with Gasteiger partial charge in [0.2, 0.25) is 5.91 Å². The van der Waals surface area contributed by atoms with E-state index < -0.39 is 0 Å². The molecule has 126 valence electrons. The van der Waals surface area contributed by atoms with Crippen LogP contribution in [0.4, 0.5) is 5.69 Å². The van der Waals surface area contributed by atoms with E-state index in [9.17, 15) is 4.79 Å². The van der Waals surface area contributed by atoms with Crippen LogP contribution in [-0.4, -0.2) is 19.0 Å². The molecule has 1 amide bonds. The molecule has 3 rings (SSSR count). The van der Waals surface area contributed by atoms with Gasteiger partial charge in [0, 0.05) is 12.1 Å². The second-order valence-electron chi connectivity index (χ2n) is 7.26. The number of aryl methyl sites for hydroxylation is 1. The van der Waals surface area contributed by atoms with Gasteiger partial charge in [-0.3, -0.25) is 4.79 Å². The zero-order valence-electron chi connectivity index (χ0n) is 14.1. The molecule has 1 aliphatic heterocycles. The van der Waals surface area contributed by atoms with Gasteiger partial charge in [0.15, 0.2) is 0 Å². The topological polar surface area (TPSA) is 67.2 Å². The van der Waals surface area contributed by atoms with E-state index in [4.69, 9.17) is 5.73 Å². The fraction of sp³-hybridized carbons (Fsp3) is 0.632. The van der Waals surface area contributed by atoms with Gasteiger partial charge < -0.3 is 16.4 Å². The highest BCUT2D eigenvalue weighted by molar-refractivity contribution is 5.76.